The summed E-state index contributed by atoms with van der Waals surface area (Å²) in [5, 5.41) is 3.88. The molecule has 1 aliphatic heterocycles. The number of carbonyl (C=O) groups is 1. The van der Waals surface area contributed by atoms with Gasteiger partial charge in [0.1, 0.15) is 5.82 Å². The van der Waals surface area contributed by atoms with Gasteiger partial charge in [0.2, 0.25) is 5.91 Å². The van der Waals surface area contributed by atoms with E-state index in [1.165, 1.54) is 17.8 Å². The molecule has 1 fully saturated rings. The van der Waals surface area contributed by atoms with E-state index in [4.69, 9.17) is 27.9 Å². The first kappa shape index (κ1) is 20.3. The zero-order chi connectivity index (χ0) is 19.2. The fourth-order valence-corrected chi connectivity index (χ4v) is 4.12. The Morgan fingerprint density at radius 1 is 1.19 bits per heavy atom. The van der Waals surface area contributed by atoms with Crippen LogP contribution in [0, 0.1) is 5.82 Å². The second-order valence-corrected chi connectivity index (χ2v) is 7.87. The van der Waals surface area contributed by atoms with Crippen molar-refractivity contribution in [2.75, 3.05) is 42.3 Å². The molecule has 0 aliphatic carbocycles. The molecule has 1 saturated heterocycles. The van der Waals surface area contributed by atoms with Crippen LogP contribution in [-0.4, -0.2) is 38.0 Å². The van der Waals surface area contributed by atoms with Crippen molar-refractivity contribution in [3.8, 4) is 0 Å². The van der Waals surface area contributed by atoms with E-state index in [1.807, 2.05) is 11.0 Å². The van der Waals surface area contributed by atoms with Crippen molar-refractivity contribution in [1.82, 2.24) is 0 Å². The molecule has 3 rings (SSSR count). The zero-order valence-electron chi connectivity index (χ0n) is 14.5. The van der Waals surface area contributed by atoms with Crippen molar-refractivity contribution >= 4 is 52.2 Å². The zero-order valence-corrected chi connectivity index (χ0v) is 16.8. The number of morpholine rings is 1. The number of amides is 1. The largest absolute Gasteiger partial charge is 0.378 e. The molecule has 8 heteroatoms. The molecule has 0 unspecified atom stereocenters. The fraction of sp³-hybridized carbons (Fsp3) is 0.316. The van der Waals surface area contributed by atoms with E-state index in [1.54, 1.807) is 24.3 Å². The molecule has 0 radical (unpaired) electrons. The number of nitrogens with one attached hydrogen (secondary N) is 1. The lowest BCUT2D eigenvalue weighted by molar-refractivity contribution is -0.113. The van der Waals surface area contributed by atoms with Gasteiger partial charge >= 0.3 is 0 Å². The summed E-state index contributed by atoms with van der Waals surface area (Å²) < 4.78 is 19.7. The molecule has 0 aromatic heterocycles. The fourth-order valence-electron chi connectivity index (χ4n) is 2.73. The Morgan fingerprint density at radius 2 is 1.96 bits per heavy atom. The number of hydrogen-bond acceptors (Lipinski definition) is 4. The Balaban J connectivity index is 1.50. The maximum atomic E-state index is 14.4. The molecule has 0 saturated carbocycles. The van der Waals surface area contributed by atoms with Crippen LogP contribution in [0.1, 0.15) is 5.56 Å². The Hall–Kier alpha value is -1.47. The highest BCUT2D eigenvalue weighted by atomic mass is 35.5. The van der Waals surface area contributed by atoms with Gasteiger partial charge in [-0.05, 0) is 35.9 Å². The highest BCUT2D eigenvalue weighted by Crippen LogP contribution is 2.26. The summed E-state index contributed by atoms with van der Waals surface area (Å²) in [4.78, 5) is 14.0. The second kappa shape index (κ2) is 9.64. The third-order valence-electron chi connectivity index (χ3n) is 4.09. The van der Waals surface area contributed by atoms with Gasteiger partial charge in [0.25, 0.3) is 0 Å². The number of benzene rings is 2. The molecular weight excluding hydrogens is 410 g/mol. The summed E-state index contributed by atoms with van der Waals surface area (Å²) in [5.41, 5.74) is 1.89. The van der Waals surface area contributed by atoms with Crippen molar-refractivity contribution in [3.63, 3.8) is 0 Å². The molecule has 4 nitrogen and oxygen atoms in total. The summed E-state index contributed by atoms with van der Waals surface area (Å²) in [7, 11) is 0. The predicted molar refractivity (Wildman–Crippen MR) is 111 cm³/mol. The number of carbonyl (C=O) groups excluding carboxylic acids is 1. The average Bonchev–Trinajstić information content (AvgIpc) is 2.64. The minimum Gasteiger partial charge on any atom is -0.378 e. The Kier molecular flexibility index (Phi) is 7.24. The highest BCUT2D eigenvalue weighted by molar-refractivity contribution is 7.99. The number of rotatable bonds is 6. The predicted octanol–water partition coefficient (Wildman–Crippen LogP) is 4.84. The van der Waals surface area contributed by atoms with Gasteiger partial charge in [0.15, 0.2) is 0 Å². The van der Waals surface area contributed by atoms with E-state index in [0.717, 1.165) is 5.56 Å². The lowest BCUT2D eigenvalue weighted by Crippen LogP contribution is -2.36. The van der Waals surface area contributed by atoms with Crippen LogP contribution in [0.5, 0.6) is 0 Å². The molecule has 27 heavy (non-hydrogen) atoms. The van der Waals surface area contributed by atoms with Crippen molar-refractivity contribution in [2.45, 2.75) is 5.75 Å². The molecule has 0 spiro atoms. The summed E-state index contributed by atoms with van der Waals surface area (Å²) in [6.07, 6.45) is 0. The van der Waals surface area contributed by atoms with Gasteiger partial charge < -0.3 is 15.0 Å². The van der Waals surface area contributed by atoms with Crippen LogP contribution in [0.15, 0.2) is 36.4 Å². The number of nitrogens with zero attached hydrogens (tertiary/aromatic N) is 1. The third kappa shape index (κ3) is 5.75. The Labute approximate surface area is 172 Å². The van der Waals surface area contributed by atoms with Crippen LogP contribution in [0.25, 0.3) is 0 Å². The second-order valence-electron chi connectivity index (χ2n) is 6.04. The van der Waals surface area contributed by atoms with Gasteiger partial charge in [-0.15, -0.1) is 11.8 Å². The molecule has 1 N–H and O–H groups in total. The normalized spacial score (nSPS) is 14.3. The SMILES string of the molecule is O=C(CSCc1ccc(Cl)cc1Cl)Nc1ccc(N2CCOCC2)c(F)c1. The van der Waals surface area contributed by atoms with Gasteiger partial charge in [0, 0.05) is 34.6 Å². The van der Waals surface area contributed by atoms with Crippen LogP contribution in [0.3, 0.4) is 0 Å². The molecule has 1 aliphatic rings. The van der Waals surface area contributed by atoms with E-state index in [-0.39, 0.29) is 17.5 Å². The highest BCUT2D eigenvalue weighted by Gasteiger charge is 2.15. The molecule has 2 aromatic rings. The Bertz CT molecular complexity index is 816. The first-order chi connectivity index (χ1) is 13.0. The molecule has 1 amide bonds. The molecule has 144 valence electrons. The van der Waals surface area contributed by atoms with E-state index in [9.17, 15) is 9.18 Å². The summed E-state index contributed by atoms with van der Waals surface area (Å²) >= 11 is 13.4. The number of thioether (sulfide) groups is 1. The van der Waals surface area contributed by atoms with E-state index < -0.39 is 0 Å². The number of hydrogen-bond donors (Lipinski definition) is 1. The maximum Gasteiger partial charge on any atom is 0.234 e. The number of ether oxygens (including phenoxy) is 1. The van der Waals surface area contributed by atoms with Crippen LogP contribution in [0.4, 0.5) is 15.8 Å². The minimum atomic E-state index is -0.352. The van der Waals surface area contributed by atoms with Gasteiger partial charge in [0.05, 0.1) is 24.7 Å². The van der Waals surface area contributed by atoms with E-state index >= 15 is 0 Å². The standard InChI is InChI=1S/C19H19Cl2FN2O2S/c20-14-2-1-13(16(21)9-14)11-27-12-19(25)23-15-3-4-18(17(22)10-15)24-5-7-26-8-6-24/h1-4,9-10H,5-8,11-12H2,(H,23,25). The molecule has 0 atom stereocenters. The van der Waals surface area contributed by atoms with Gasteiger partial charge in [-0.2, -0.15) is 0 Å². The lowest BCUT2D eigenvalue weighted by atomic mass is 10.2. The first-order valence-electron chi connectivity index (χ1n) is 8.47. The molecular formula is C19H19Cl2FN2O2S. The lowest BCUT2D eigenvalue weighted by Gasteiger charge is -2.29. The number of halogens is 3. The topological polar surface area (TPSA) is 41.6 Å². The minimum absolute atomic E-state index is 0.191. The molecule has 1 heterocycles. The van der Waals surface area contributed by atoms with Crippen molar-refractivity contribution in [3.05, 3.63) is 57.8 Å². The molecule has 0 bridgehead atoms. The third-order valence-corrected chi connectivity index (χ3v) is 5.66. The Morgan fingerprint density at radius 3 is 2.67 bits per heavy atom. The number of anilines is 2. The summed E-state index contributed by atoms with van der Waals surface area (Å²) in [5.74, 6) is 0.290. The van der Waals surface area contributed by atoms with E-state index in [2.05, 4.69) is 5.32 Å². The van der Waals surface area contributed by atoms with Crippen LogP contribution < -0.4 is 10.2 Å². The van der Waals surface area contributed by atoms with Crippen LogP contribution >= 0.6 is 35.0 Å². The van der Waals surface area contributed by atoms with Crippen molar-refractivity contribution in [2.24, 2.45) is 0 Å². The van der Waals surface area contributed by atoms with E-state index in [0.29, 0.717) is 53.5 Å². The average molecular weight is 429 g/mol. The van der Waals surface area contributed by atoms with Crippen LogP contribution in [-0.2, 0) is 15.3 Å². The van der Waals surface area contributed by atoms with Gasteiger partial charge in [-0.3, -0.25) is 4.79 Å². The quantitative estimate of drug-likeness (QED) is 0.714. The summed E-state index contributed by atoms with van der Waals surface area (Å²) in [6.45, 7) is 2.50. The first-order valence-corrected chi connectivity index (χ1v) is 10.4. The van der Waals surface area contributed by atoms with Crippen LogP contribution in [0.2, 0.25) is 10.0 Å². The van der Waals surface area contributed by atoms with Gasteiger partial charge in [-0.1, -0.05) is 29.3 Å². The van der Waals surface area contributed by atoms with Gasteiger partial charge in [-0.25, -0.2) is 4.39 Å². The van der Waals surface area contributed by atoms with Crippen molar-refractivity contribution in [1.29, 1.82) is 0 Å². The monoisotopic (exact) mass is 428 g/mol. The van der Waals surface area contributed by atoms with Crippen molar-refractivity contribution < 1.29 is 13.9 Å². The maximum absolute atomic E-state index is 14.4. The molecule has 2 aromatic carbocycles. The summed E-state index contributed by atoms with van der Waals surface area (Å²) in [6, 6.07) is 10.0. The smallest absolute Gasteiger partial charge is 0.234 e.